The van der Waals surface area contributed by atoms with Gasteiger partial charge in [-0.05, 0) is 55.4 Å². The SMILES string of the molecule is CC1(C)CC(NC(=O)C=CC(=O)NC2CC(C)(C)[NH2+]C(C)(C)C2)CC(C)(C)[NH2+]1. The molecule has 0 aromatic carbocycles. The summed E-state index contributed by atoms with van der Waals surface area (Å²) in [4.78, 5) is 24.7. The van der Waals surface area contributed by atoms with E-state index in [2.05, 4.69) is 76.7 Å². The fourth-order valence-electron chi connectivity index (χ4n) is 5.89. The van der Waals surface area contributed by atoms with Crippen molar-refractivity contribution in [2.24, 2.45) is 0 Å². The van der Waals surface area contributed by atoms with Crippen LogP contribution in [0.3, 0.4) is 0 Å². The van der Waals surface area contributed by atoms with Gasteiger partial charge in [-0.2, -0.15) is 0 Å². The van der Waals surface area contributed by atoms with Crippen LogP contribution in [0.2, 0.25) is 0 Å². The molecule has 2 aliphatic rings. The number of hydrogen-bond acceptors (Lipinski definition) is 2. The molecule has 0 radical (unpaired) electrons. The van der Waals surface area contributed by atoms with Crippen LogP contribution in [0.15, 0.2) is 12.2 Å². The minimum atomic E-state index is -0.189. The lowest BCUT2D eigenvalue weighted by atomic mass is 9.79. The average Bonchev–Trinajstić information content (AvgIpc) is 2.37. The predicted octanol–water partition coefficient (Wildman–Crippen LogP) is 0.341. The standard InChI is InChI=1S/C22H40N4O2/c1-19(2)11-15(12-20(3,4)25-19)23-17(27)9-10-18(28)24-16-13-21(5,6)26-22(7,8)14-16/h9-10,15-16,25-26H,11-14H2,1-8H3,(H,23,27)(H,24,28)/p+2. The molecule has 0 bridgehead atoms. The Morgan fingerprint density at radius 3 is 1.14 bits per heavy atom. The molecule has 2 aliphatic heterocycles. The molecule has 6 N–H and O–H groups in total. The summed E-state index contributed by atoms with van der Waals surface area (Å²) in [6, 6.07) is 0.261. The number of nitrogens with two attached hydrogens (primary N) is 2. The third-order valence-electron chi connectivity index (χ3n) is 5.73. The Labute approximate surface area is 170 Å². The van der Waals surface area contributed by atoms with Gasteiger partial charge in [0.2, 0.25) is 11.8 Å². The van der Waals surface area contributed by atoms with E-state index in [1.54, 1.807) is 0 Å². The van der Waals surface area contributed by atoms with Crippen LogP contribution in [0.5, 0.6) is 0 Å². The van der Waals surface area contributed by atoms with Crippen LogP contribution < -0.4 is 21.3 Å². The molecule has 0 unspecified atom stereocenters. The maximum absolute atomic E-state index is 12.3. The van der Waals surface area contributed by atoms with Crippen LogP contribution in [0.4, 0.5) is 0 Å². The molecule has 0 aliphatic carbocycles. The zero-order chi connectivity index (χ0) is 21.4. The molecule has 2 amide bonds. The monoisotopic (exact) mass is 394 g/mol. The first-order valence-corrected chi connectivity index (χ1v) is 10.6. The second-order valence-electron chi connectivity index (χ2n) is 11.8. The summed E-state index contributed by atoms with van der Waals surface area (Å²) in [5, 5.41) is 10.9. The fraction of sp³-hybridized carbons (Fsp3) is 0.818. The molecule has 6 nitrogen and oxygen atoms in total. The Balaban J connectivity index is 1.87. The van der Waals surface area contributed by atoms with E-state index in [4.69, 9.17) is 0 Å². The van der Waals surface area contributed by atoms with Crippen molar-refractivity contribution in [2.75, 3.05) is 0 Å². The molecule has 0 aromatic heterocycles. The van der Waals surface area contributed by atoms with Crippen molar-refractivity contribution in [3.63, 3.8) is 0 Å². The smallest absolute Gasteiger partial charge is 0.244 e. The molecule has 0 atom stereocenters. The van der Waals surface area contributed by atoms with E-state index in [1.807, 2.05) is 0 Å². The summed E-state index contributed by atoms with van der Waals surface area (Å²) in [6.07, 6.45) is 6.43. The van der Waals surface area contributed by atoms with Crippen LogP contribution in [0.25, 0.3) is 0 Å². The Bertz CT molecular complexity index is 548. The third-order valence-corrected chi connectivity index (χ3v) is 5.73. The number of carbonyl (C=O) groups excluding carboxylic acids is 2. The van der Waals surface area contributed by atoms with Crippen molar-refractivity contribution in [3.8, 4) is 0 Å². The topological polar surface area (TPSA) is 91.4 Å². The fourth-order valence-corrected chi connectivity index (χ4v) is 5.89. The van der Waals surface area contributed by atoms with E-state index in [0.717, 1.165) is 25.7 Å². The van der Waals surface area contributed by atoms with Gasteiger partial charge in [0.1, 0.15) is 0 Å². The van der Waals surface area contributed by atoms with Gasteiger partial charge in [0.05, 0.1) is 22.2 Å². The van der Waals surface area contributed by atoms with E-state index in [9.17, 15) is 9.59 Å². The highest BCUT2D eigenvalue weighted by Gasteiger charge is 2.43. The quantitative estimate of drug-likeness (QED) is 0.518. The van der Waals surface area contributed by atoms with Gasteiger partial charge in [-0.25, -0.2) is 0 Å². The van der Waals surface area contributed by atoms with Gasteiger partial charge in [0, 0.05) is 49.9 Å². The molecule has 2 saturated heterocycles. The molecule has 2 heterocycles. The van der Waals surface area contributed by atoms with Crippen molar-refractivity contribution in [3.05, 3.63) is 12.2 Å². The number of quaternary nitrogens is 2. The normalized spacial score (nSPS) is 26.7. The van der Waals surface area contributed by atoms with Gasteiger partial charge in [-0.15, -0.1) is 0 Å². The van der Waals surface area contributed by atoms with Crippen LogP contribution in [0.1, 0.15) is 81.1 Å². The summed E-state index contributed by atoms with van der Waals surface area (Å²) in [7, 11) is 0. The number of piperidine rings is 2. The van der Waals surface area contributed by atoms with E-state index >= 15 is 0 Å². The van der Waals surface area contributed by atoms with Crippen molar-refractivity contribution >= 4 is 11.8 Å². The Morgan fingerprint density at radius 1 is 0.643 bits per heavy atom. The summed E-state index contributed by atoms with van der Waals surface area (Å²) in [6.45, 7) is 17.7. The second-order valence-corrected chi connectivity index (χ2v) is 11.8. The lowest BCUT2D eigenvalue weighted by Gasteiger charge is -2.43. The number of carbonyl (C=O) groups is 2. The maximum atomic E-state index is 12.3. The highest BCUT2D eigenvalue weighted by atomic mass is 16.2. The van der Waals surface area contributed by atoms with Gasteiger partial charge >= 0.3 is 0 Å². The highest BCUT2D eigenvalue weighted by Crippen LogP contribution is 2.22. The molecular formula is C22H42N4O2+2. The summed E-state index contributed by atoms with van der Waals surface area (Å²) in [5.41, 5.74) is 0.383. The lowest BCUT2D eigenvalue weighted by molar-refractivity contribution is -0.788. The van der Waals surface area contributed by atoms with Crippen molar-refractivity contribution in [2.45, 2.75) is 115 Å². The minimum Gasteiger partial charge on any atom is -0.349 e. The van der Waals surface area contributed by atoms with Crippen LogP contribution >= 0.6 is 0 Å². The first kappa shape index (κ1) is 22.9. The first-order chi connectivity index (χ1) is 12.6. The van der Waals surface area contributed by atoms with Gasteiger partial charge in [0.15, 0.2) is 0 Å². The second kappa shape index (κ2) is 7.79. The van der Waals surface area contributed by atoms with Crippen LogP contribution in [-0.2, 0) is 9.59 Å². The van der Waals surface area contributed by atoms with Crippen LogP contribution in [-0.4, -0.2) is 46.1 Å². The number of hydrogen-bond donors (Lipinski definition) is 4. The molecule has 0 saturated carbocycles. The molecule has 2 rings (SSSR count). The molecule has 2 fully saturated rings. The van der Waals surface area contributed by atoms with Gasteiger partial charge in [-0.1, -0.05) is 0 Å². The Morgan fingerprint density at radius 2 is 0.893 bits per heavy atom. The number of nitrogens with one attached hydrogen (secondary N) is 2. The van der Waals surface area contributed by atoms with E-state index in [-0.39, 0.29) is 46.1 Å². The van der Waals surface area contributed by atoms with Crippen molar-refractivity contribution in [1.82, 2.24) is 10.6 Å². The molecular weight excluding hydrogens is 352 g/mol. The summed E-state index contributed by atoms with van der Waals surface area (Å²) in [5.74, 6) is -0.377. The van der Waals surface area contributed by atoms with Gasteiger partial charge < -0.3 is 21.3 Å². The summed E-state index contributed by atoms with van der Waals surface area (Å²) < 4.78 is 0. The largest absolute Gasteiger partial charge is 0.349 e. The minimum absolute atomic E-state index is 0.0956. The lowest BCUT2D eigenvalue weighted by Crippen LogP contribution is -3.06. The van der Waals surface area contributed by atoms with Crippen molar-refractivity contribution in [1.29, 1.82) is 0 Å². The zero-order valence-electron chi connectivity index (χ0n) is 19.1. The first-order valence-electron chi connectivity index (χ1n) is 10.6. The van der Waals surface area contributed by atoms with Gasteiger partial charge in [0.25, 0.3) is 0 Å². The zero-order valence-corrected chi connectivity index (χ0v) is 19.1. The van der Waals surface area contributed by atoms with Crippen LogP contribution in [0, 0.1) is 0 Å². The predicted molar refractivity (Wildman–Crippen MR) is 112 cm³/mol. The maximum Gasteiger partial charge on any atom is 0.244 e. The number of rotatable bonds is 4. The molecule has 0 aromatic rings. The molecule has 160 valence electrons. The highest BCUT2D eigenvalue weighted by molar-refractivity contribution is 5.96. The molecule has 0 spiro atoms. The van der Waals surface area contributed by atoms with Gasteiger partial charge in [-0.3, -0.25) is 9.59 Å². The van der Waals surface area contributed by atoms with E-state index in [0.29, 0.717) is 0 Å². The van der Waals surface area contributed by atoms with E-state index < -0.39 is 0 Å². The van der Waals surface area contributed by atoms with Crippen molar-refractivity contribution < 1.29 is 20.2 Å². The Kier molecular flexibility index (Phi) is 6.37. The Hall–Kier alpha value is -1.40. The summed E-state index contributed by atoms with van der Waals surface area (Å²) >= 11 is 0. The number of amides is 2. The molecule has 28 heavy (non-hydrogen) atoms. The molecule has 6 heteroatoms. The average molecular weight is 395 g/mol. The third kappa shape index (κ3) is 7.21. The van der Waals surface area contributed by atoms with E-state index in [1.165, 1.54) is 12.2 Å².